The maximum atomic E-state index is 8.67. The van der Waals surface area contributed by atoms with Crippen LogP contribution in [0.4, 0.5) is 0 Å². The lowest BCUT2D eigenvalue weighted by molar-refractivity contribution is 0.196. The van der Waals surface area contributed by atoms with Gasteiger partial charge in [0, 0.05) is 6.54 Å². The van der Waals surface area contributed by atoms with Crippen LogP contribution in [0.5, 0.6) is 0 Å². The van der Waals surface area contributed by atoms with E-state index < -0.39 is 0 Å². The van der Waals surface area contributed by atoms with Gasteiger partial charge in [-0.3, -0.25) is 0 Å². The lowest BCUT2D eigenvalue weighted by Gasteiger charge is -1.93. The van der Waals surface area contributed by atoms with Crippen molar-refractivity contribution in [1.82, 2.24) is 5.32 Å². The number of hydrogen-bond acceptors (Lipinski definition) is 2. The van der Waals surface area contributed by atoms with Crippen LogP contribution in [0.15, 0.2) is 24.3 Å². The zero-order chi connectivity index (χ0) is 10.4. The van der Waals surface area contributed by atoms with E-state index in [4.69, 9.17) is 5.11 Å². The molecular formula is C12H19NO. The first kappa shape index (κ1) is 11.2. The van der Waals surface area contributed by atoms with Crippen molar-refractivity contribution in [2.24, 2.45) is 0 Å². The van der Waals surface area contributed by atoms with E-state index in [-0.39, 0.29) is 6.10 Å². The first-order valence-electron chi connectivity index (χ1n) is 5.11. The smallest absolute Gasteiger partial charge is 0.0676 e. The van der Waals surface area contributed by atoms with Gasteiger partial charge in [0.25, 0.3) is 0 Å². The van der Waals surface area contributed by atoms with Gasteiger partial charge in [-0.05, 0) is 37.9 Å². The molecule has 0 aliphatic carbocycles. The van der Waals surface area contributed by atoms with Crippen LogP contribution < -0.4 is 5.32 Å². The fraction of sp³-hybridized carbons (Fsp3) is 0.500. The third-order valence-corrected chi connectivity index (χ3v) is 2.46. The molecule has 1 aromatic rings. The lowest BCUT2D eigenvalue weighted by atomic mass is 10.1. The average molecular weight is 193 g/mol. The number of β-amino-alcohol motifs (C(OH)–C–C–N with tert-alkyl or cyclic N) is 1. The fourth-order valence-electron chi connectivity index (χ4n) is 1.30. The minimum Gasteiger partial charge on any atom is -0.392 e. The van der Waals surface area contributed by atoms with Gasteiger partial charge in [-0.1, -0.05) is 24.3 Å². The Hall–Kier alpha value is -0.860. The largest absolute Gasteiger partial charge is 0.392 e. The van der Waals surface area contributed by atoms with Crippen LogP contribution in [-0.2, 0) is 0 Å². The standard InChI is InChI=1S/C8H10.C4H9NO/c1-7-5-3-4-6-8(7)2;6-4-1-2-5-3-4/h3-6H,1-2H3;4-6H,1-3H2. The first-order valence-corrected chi connectivity index (χ1v) is 5.11. The van der Waals surface area contributed by atoms with Crippen LogP contribution in [0.1, 0.15) is 17.5 Å². The molecular weight excluding hydrogens is 174 g/mol. The van der Waals surface area contributed by atoms with E-state index in [2.05, 4.69) is 43.4 Å². The topological polar surface area (TPSA) is 32.3 Å². The summed E-state index contributed by atoms with van der Waals surface area (Å²) in [4.78, 5) is 0. The Morgan fingerprint density at radius 2 is 1.79 bits per heavy atom. The summed E-state index contributed by atoms with van der Waals surface area (Å²) in [6, 6.07) is 8.36. The minimum absolute atomic E-state index is 0.0648. The highest BCUT2D eigenvalue weighted by molar-refractivity contribution is 5.23. The van der Waals surface area contributed by atoms with Crippen LogP contribution in [0, 0.1) is 13.8 Å². The van der Waals surface area contributed by atoms with Crippen LogP contribution in [-0.4, -0.2) is 24.3 Å². The molecule has 1 aromatic carbocycles. The molecule has 1 aliphatic rings. The van der Waals surface area contributed by atoms with E-state index in [1.165, 1.54) is 11.1 Å². The van der Waals surface area contributed by atoms with Crippen molar-refractivity contribution in [3.63, 3.8) is 0 Å². The number of aliphatic hydroxyl groups excluding tert-OH is 1. The third kappa shape index (κ3) is 3.90. The molecule has 0 radical (unpaired) electrons. The Labute approximate surface area is 86.0 Å². The molecule has 0 saturated carbocycles. The Bertz CT molecular complexity index is 246. The zero-order valence-electron chi connectivity index (χ0n) is 8.96. The van der Waals surface area contributed by atoms with Gasteiger partial charge < -0.3 is 10.4 Å². The molecule has 0 aromatic heterocycles. The molecule has 0 spiro atoms. The summed E-state index contributed by atoms with van der Waals surface area (Å²) in [5, 5.41) is 11.7. The summed E-state index contributed by atoms with van der Waals surface area (Å²) in [7, 11) is 0. The summed E-state index contributed by atoms with van der Waals surface area (Å²) in [5.74, 6) is 0. The number of hydrogen-bond donors (Lipinski definition) is 2. The van der Waals surface area contributed by atoms with E-state index in [1.807, 2.05) is 0 Å². The van der Waals surface area contributed by atoms with Crippen molar-refractivity contribution in [2.45, 2.75) is 26.4 Å². The Kier molecular flexibility index (Phi) is 4.63. The van der Waals surface area contributed by atoms with Gasteiger partial charge in [-0.2, -0.15) is 0 Å². The third-order valence-electron chi connectivity index (χ3n) is 2.46. The fourth-order valence-corrected chi connectivity index (χ4v) is 1.30. The van der Waals surface area contributed by atoms with Gasteiger partial charge in [0.1, 0.15) is 0 Å². The van der Waals surface area contributed by atoms with Gasteiger partial charge in [0.2, 0.25) is 0 Å². The second-order valence-electron chi connectivity index (χ2n) is 3.73. The van der Waals surface area contributed by atoms with Crippen molar-refractivity contribution in [3.05, 3.63) is 35.4 Å². The molecule has 1 aliphatic heterocycles. The van der Waals surface area contributed by atoms with E-state index in [9.17, 15) is 0 Å². The Morgan fingerprint density at radius 1 is 1.21 bits per heavy atom. The molecule has 2 rings (SSSR count). The van der Waals surface area contributed by atoms with Crippen LogP contribution >= 0.6 is 0 Å². The predicted molar refractivity (Wildman–Crippen MR) is 59.4 cm³/mol. The quantitative estimate of drug-likeness (QED) is 0.656. The van der Waals surface area contributed by atoms with Crippen molar-refractivity contribution in [1.29, 1.82) is 0 Å². The molecule has 2 nitrogen and oxygen atoms in total. The SMILES string of the molecule is Cc1ccccc1C.OC1CCNC1. The number of benzene rings is 1. The average Bonchev–Trinajstić information content (AvgIpc) is 2.63. The summed E-state index contributed by atoms with van der Waals surface area (Å²) < 4.78 is 0. The highest BCUT2D eigenvalue weighted by Gasteiger charge is 2.08. The van der Waals surface area contributed by atoms with Gasteiger partial charge in [-0.15, -0.1) is 0 Å². The van der Waals surface area contributed by atoms with E-state index in [0.717, 1.165) is 19.5 Å². The lowest BCUT2D eigenvalue weighted by Crippen LogP contribution is -2.11. The molecule has 1 saturated heterocycles. The molecule has 2 N–H and O–H groups in total. The maximum absolute atomic E-state index is 8.67. The minimum atomic E-state index is -0.0648. The zero-order valence-corrected chi connectivity index (χ0v) is 8.96. The maximum Gasteiger partial charge on any atom is 0.0676 e. The second-order valence-corrected chi connectivity index (χ2v) is 3.73. The monoisotopic (exact) mass is 193 g/mol. The molecule has 1 unspecified atom stereocenters. The second kappa shape index (κ2) is 5.78. The molecule has 78 valence electrons. The van der Waals surface area contributed by atoms with E-state index in [0.29, 0.717) is 0 Å². The molecule has 1 heterocycles. The van der Waals surface area contributed by atoms with Crippen molar-refractivity contribution < 1.29 is 5.11 Å². The van der Waals surface area contributed by atoms with Gasteiger partial charge >= 0.3 is 0 Å². The number of aliphatic hydroxyl groups is 1. The normalized spacial score (nSPS) is 20.1. The molecule has 0 bridgehead atoms. The summed E-state index contributed by atoms with van der Waals surface area (Å²) in [6.45, 7) is 6.02. The number of nitrogens with one attached hydrogen (secondary N) is 1. The molecule has 1 atom stereocenters. The summed E-state index contributed by atoms with van der Waals surface area (Å²) >= 11 is 0. The molecule has 0 amide bonds. The molecule has 2 heteroatoms. The first-order chi connectivity index (χ1) is 6.70. The number of rotatable bonds is 0. The van der Waals surface area contributed by atoms with Gasteiger partial charge in [0.15, 0.2) is 0 Å². The van der Waals surface area contributed by atoms with Gasteiger partial charge in [-0.25, -0.2) is 0 Å². The predicted octanol–water partition coefficient (Wildman–Crippen LogP) is 1.64. The van der Waals surface area contributed by atoms with E-state index in [1.54, 1.807) is 0 Å². The number of aryl methyl sites for hydroxylation is 2. The summed E-state index contributed by atoms with van der Waals surface area (Å²) in [5.41, 5.74) is 2.74. The van der Waals surface area contributed by atoms with Crippen LogP contribution in [0.2, 0.25) is 0 Å². The summed E-state index contributed by atoms with van der Waals surface area (Å²) in [6.07, 6.45) is 0.866. The Balaban J connectivity index is 0.000000146. The van der Waals surface area contributed by atoms with Crippen molar-refractivity contribution in [3.8, 4) is 0 Å². The Morgan fingerprint density at radius 3 is 2.00 bits per heavy atom. The van der Waals surface area contributed by atoms with Crippen molar-refractivity contribution >= 4 is 0 Å². The highest BCUT2D eigenvalue weighted by atomic mass is 16.3. The molecule has 14 heavy (non-hydrogen) atoms. The van der Waals surface area contributed by atoms with Gasteiger partial charge in [0.05, 0.1) is 6.10 Å². The van der Waals surface area contributed by atoms with Crippen molar-refractivity contribution in [2.75, 3.05) is 13.1 Å². The van der Waals surface area contributed by atoms with E-state index >= 15 is 0 Å². The van der Waals surface area contributed by atoms with Crippen LogP contribution in [0.25, 0.3) is 0 Å². The molecule has 1 fully saturated rings. The van der Waals surface area contributed by atoms with Crippen LogP contribution in [0.3, 0.4) is 0 Å². The highest BCUT2D eigenvalue weighted by Crippen LogP contribution is 2.02.